The number of amides is 1. The van der Waals surface area contributed by atoms with Crippen molar-refractivity contribution in [3.05, 3.63) is 97.2 Å². The second-order valence-electron chi connectivity index (χ2n) is 11.3. The Balaban J connectivity index is 1.58. The number of aromatic nitrogens is 3. The molecule has 0 spiro atoms. The van der Waals surface area contributed by atoms with Crippen molar-refractivity contribution in [2.24, 2.45) is 0 Å². The van der Waals surface area contributed by atoms with E-state index in [2.05, 4.69) is 66.4 Å². The van der Waals surface area contributed by atoms with Gasteiger partial charge in [0, 0.05) is 11.4 Å². The van der Waals surface area contributed by atoms with E-state index in [1.165, 1.54) is 16.7 Å². The van der Waals surface area contributed by atoms with Crippen molar-refractivity contribution in [1.82, 2.24) is 14.8 Å². The number of fused-ring (bicyclic) bond motifs is 1. The fraction of sp³-hybridized carbons (Fsp3) is 0.343. The second-order valence-corrected chi connectivity index (χ2v) is 13.4. The normalized spacial score (nSPS) is 14.2. The van der Waals surface area contributed by atoms with E-state index in [0.29, 0.717) is 47.1 Å². The van der Waals surface area contributed by atoms with Crippen molar-refractivity contribution < 1.29 is 14.3 Å². The monoisotopic (exact) mass is 689 g/mol. The van der Waals surface area contributed by atoms with Crippen LogP contribution in [0.4, 0.5) is 11.6 Å². The van der Waals surface area contributed by atoms with E-state index < -0.39 is 6.04 Å². The predicted molar refractivity (Wildman–Crippen MR) is 186 cm³/mol. The molecule has 1 atom stereocenters. The van der Waals surface area contributed by atoms with Crippen LogP contribution in [0.15, 0.2) is 63.4 Å². The minimum absolute atomic E-state index is 0.218. The molecule has 1 amide bonds. The van der Waals surface area contributed by atoms with Gasteiger partial charge in [0.25, 0.3) is 5.91 Å². The number of thioether (sulfide) groups is 1. The number of carbonyl (C=O) groups is 1. The van der Waals surface area contributed by atoms with E-state index in [4.69, 9.17) is 19.6 Å². The minimum atomic E-state index is -0.573. The molecule has 0 bridgehead atoms. The maximum Gasteiger partial charge on any atom is 0.255 e. The second kappa shape index (κ2) is 13.7. The summed E-state index contributed by atoms with van der Waals surface area (Å²) in [5.74, 6) is 2.38. The van der Waals surface area contributed by atoms with E-state index in [1.54, 1.807) is 16.4 Å². The summed E-state index contributed by atoms with van der Waals surface area (Å²) in [4.78, 5) is 18.9. The number of halogens is 1. The maximum atomic E-state index is 14.1. The molecule has 0 saturated heterocycles. The molecule has 1 aromatic heterocycles. The summed E-state index contributed by atoms with van der Waals surface area (Å²) in [5, 5.41) is 12.0. The van der Waals surface area contributed by atoms with Crippen LogP contribution in [0.5, 0.6) is 11.5 Å². The van der Waals surface area contributed by atoms with Gasteiger partial charge in [-0.1, -0.05) is 43.0 Å². The van der Waals surface area contributed by atoms with E-state index in [1.807, 2.05) is 58.0 Å². The third kappa shape index (κ3) is 6.77. The summed E-state index contributed by atoms with van der Waals surface area (Å²) < 4.78 is 15.1. The molecule has 10 heteroatoms. The number of nitrogens with one attached hydrogen (secondary N) is 2. The van der Waals surface area contributed by atoms with Crippen LogP contribution in [-0.4, -0.2) is 33.0 Å². The molecular weight excluding hydrogens is 650 g/mol. The van der Waals surface area contributed by atoms with E-state index in [0.717, 1.165) is 38.2 Å². The van der Waals surface area contributed by atoms with Gasteiger partial charge in [-0.05, 0) is 127 Å². The highest BCUT2D eigenvalue weighted by Crippen LogP contribution is 2.44. The fourth-order valence-corrected chi connectivity index (χ4v) is 6.60. The maximum absolute atomic E-state index is 14.1. The Morgan fingerprint density at radius 2 is 1.76 bits per heavy atom. The SMILES string of the molecule is CCOc1cc(C2C(C(=O)Nc3cccc(C)c3C)=C(C)Nc3nc(SCC)nn32)cc(Br)c1OCc1cc(C)c(C)cc1C. The average molecular weight is 691 g/mol. The Hall–Kier alpha value is -3.76. The van der Waals surface area contributed by atoms with E-state index in [9.17, 15) is 4.79 Å². The van der Waals surface area contributed by atoms with E-state index >= 15 is 0 Å². The number of benzene rings is 3. The number of carbonyl (C=O) groups excluding carboxylic acids is 1. The van der Waals surface area contributed by atoms with Crippen LogP contribution >= 0.6 is 27.7 Å². The van der Waals surface area contributed by atoms with Crippen LogP contribution in [0.3, 0.4) is 0 Å². The van der Waals surface area contributed by atoms with E-state index in [-0.39, 0.29) is 5.91 Å². The molecule has 4 aromatic rings. The van der Waals surface area contributed by atoms with Crippen LogP contribution in [0, 0.1) is 34.6 Å². The third-order valence-electron chi connectivity index (χ3n) is 8.18. The molecule has 2 heterocycles. The lowest BCUT2D eigenvalue weighted by atomic mass is 9.94. The molecule has 8 nitrogen and oxygen atoms in total. The lowest BCUT2D eigenvalue weighted by Gasteiger charge is -2.29. The van der Waals surface area contributed by atoms with Gasteiger partial charge in [-0.25, -0.2) is 4.68 Å². The van der Waals surface area contributed by atoms with Crippen molar-refractivity contribution >= 4 is 45.2 Å². The fourth-order valence-electron chi connectivity index (χ4n) is 5.47. The van der Waals surface area contributed by atoms with Gasteiger partial charge in [0.1, 0.15) is 12.6 Å². The van der Waals surface area contributed by atoms with Crippen molar-refractivity contribution in [2.45, 2.75) is 73.2 Å². The first-order valence-corrected chi connectivity index (χ1v) is 16.9. The van der Waals surface area contributed by atoms with Crippen LogP contribution in [0.2, 0.25) is 0 Å². The lowest BCUT2D eigenvalue weighted by Crippen LogP contribution is -2.31. The van der Waals surface area contributed by atoms with Gasteiger partial charge in [-0.15, -0.1) is 5.10 Å². The molecule has 236 valence electrons. The molecule has 2 N–H and O–H groups in total. The largest absolute Gasteiger partial charge is 0.490 e. The lowest BCUT2D eigenvalue weighted by molar-refractivity contribution is -0.113. The molecule has 3 aromatic carbocycles. The first-order valence-electron chi connectivity index (χ1n) is 15.1. The topological polar surface area (TPSA) is 90.3 Å². The number of aryl methyl sites for hydroxylation is 4. The molecule has 1 unspecified atom stereocenters. The first kappa shape index (κ1) is 32.6. The number of allylic oxidation sites excluding steroid dienone is 1. The molecule has 0 saturated carbocycles. The molecule has 1 aliphatic rings. The Morgan fingerprint density at radius 1 is 1.00 bits per heavy atom. The third-order valence-corrected chi connectivity index (χ3v) is 9.48. The number of ether oxygens (including phenoxy) is 2. The number of nitrogens with zero attached hydrogens (tertiary/aromatic N) is 3. The number of anilines is 2. The van der Waals surface area contributed by atoms with Gasteiger partial charge in [0.2, 0.25) is 11.1 Å². The number of hydrogen-bond donors (Lipinski definition) is 2. The summed E-state index contributed by atoms with van der Waals surface area (Å²) in [6.07, 6.45) is 0. The Bertz CT molecular complexity index is 1800. The van der Waals surface area contributed by atoms with Crippen LogP contribution < -0.4 is 20.1 Å². The highest BCUT2D eigenvalue weighted by Gasteiger charge is 2.35. The van der Waals surface area contributed by atoms with Gasteiger partial charge in [-0.2, -0.15) is 4.98 Å². The zero-order chi connectivity index (χ0) is 32.4. The first-order chi connectivity index (χ1) is 21.5. The molecular formula is C35H40BrN5O3S. The average Bonchev–Trinajstić information content (AvgIpc) is 3.38. The quantitative estimate of drug-likeness (QED) is 0.161. The van der Waals surface area contributed by atoms with Gasteiger partial charge in [0.15, 0.2) is 11.5 Å². The molecule has 45 heavy (non-hydrogen) atoms. The molecule has 5 rings (SSSR count). The van der Waals surface area contributed by atoms with Crippen molar-refractivity contribution in [2.75, 3.05) is 23.0 Å². The predicted octanol–water partition coefficient (Wildman–Crippen LogP) is 8.60. The molecule has 0 radical (unpaired) electrons. The summed E-state index contributed by atoms with van der Waals surface area (Å²) in [6.45, 7) is 17.1. The Labute approximate surface area is 278 Å². The summed E-state index contributed by atoms with van der Waals surface area (Å²) in [5.41, 5.74) is 9.73. The summed E-state index contributed by atoms with van der Waals surface area (Å²) in [7, 11) is 0. The van der Waals surface area contributed by atoms with Crippen LogP contribution in [-0.2, 0) is 11.4 Å². The molecule has 1 aliphatic heterocycles. The number of hydrogen-bond acceptors (Lipinski definition) is 7. The Kier molecular flexibility index (Phi) is 9.94. The highest BCUT2D eigenvalue weighted by molar-refractivity contribution is 9.10. The smallest absolute Gasteiger partial charge is 0.255 e. The molecule has 0 aliphatic carbocycles. The Morgan fingerprint density at radius 3 is 2.49 bits per heavy atom. The van der Waals surface area contributed by atoms with Crippen LogP contribution in [0.25, 0.3) is 0 Å². The molecule has 0 fully saturated rings. The van der Waals surface area contributed by atoms with Gasteiger partial charge in [0.05, 0.1) is 16.7 Å². The van der Waals surface area contributed by atoms with Gasteiger partial charge in [-0.3, -0.25) is 4.79 Å². The van der Waals surface area contributed by atoms with Crippen LogP contribution in [0.1, 0.15) is 65.8 Å². The minimum Gasteiger partial charge on any atom is -0.490 e. The zero-order valence-electron chi connectivity index (χ0n) is 27.1. The van der Waals surface area contributed by atoms with Crippen molar-refractivity contribution in [3.63, 3.8) is 0 Å². The van der Waals surface area contributed by atoms with Gasteiger partial charge < -0.3 is 20.1 Å². The van der Waals surface area contributed by atoms with Crippen molar-refractivity contribution in [3.8, 4) is 11.5 Å². The zero-order valence-corrected chi connectivity index (χ0v) is 29.5. The summed E-state index contributed by atoms with van der Waals surface area (Å²) in [6, 6.07) is 13.6. The highest BCUT2D eigenvalue weighted by atomic mass is 79.9. The standard InChI is InChI=1S/C35H40BrN5O3S/c1-9-43-29-17-25(16-27(36)32(29)44-18-26-15-21(5)20(4)14-22(26)6)31-30(33(42)38-28-13-11-12-19(3)23(28)7)24(8)37-34-39-35(45-10-2)40-41(31)34/h11-17,31H,9-10,18H2,1-8H3,(H,38,42)(H,37,39,40). The summed E-state index contributed by atoms with van der Waals surface area (Å²) >= 11 is 5.33. The van der Waals surface area contributed by atoms with Gasteiger partial charge >= 0.3 is 0 Å². The van der Waals surface area contributed by atoms with Crippen molar-refractivity contribution in [1.29, 1.82) is 0 Å². The number of rotatable bonds is 10.